The lowest BCUT2D eigenvalue weighted by molar-refractivity contribution is 0.0937. The number of anilines is 1. The van der Waals surface area contributed by atoms with Crippen LogP contribution in [0.25, 0.3) is 0 Å². The summed E-state index contributed by atoms with van der Waals surface area (Å²) in [5.74, 6) is -0.102. The van der Waals surface area contributed by atoms with Crippen LogP contribution in [-0.4, -0.2) is 11.9 Å². The van der Waals surface area contributed by atoms with E-state index in [1.54, 1.807) is 18.2 Å². The number of carbonyl (C=O) groups excluding carboxylic acids is 1. The fourth-order valence-electron chi connectivity index (χ4n) is 2.13. The van der Waals surface area contributed by atoms with E-state index in [0.29, 0.717) is 15.7 Å². The number of rotatable bonds is 5. The van der Waals surface area contributed by atoms with Crippen LogP contribution in [0.5, 0.6) is 0 Å². The van der Waals surface area contributed by atoms with Crippen LogP contribution in [-0.2, 0) is 6.42 Å². The monoisotopic (exact) mass is 346 g/mol. The summed E-state index contributed by atoms with van der Waals surface area (Å²) in [6.07, 6.45) is 1.84. The Morgan fingerprint density at radius 1 is 1.19 bits per heavy atom. The Kier molecular flexibility index (Phi) is 5.39. The van der Waals surface area contributed by atoms with Crippen molar-refractivity contribution < 1.29 is 4.79 Å². The molecule has 1 unspecified atom stereocenters. The molecule has 0 aliphatic rings. The van der Waals surface area contributed by atoms with Gasteiger partial charge >= 0.3 is 0 Å². The number of benzene rings is 2. The van der Waals surface area contributed by atoms with Crippen molar-refractivity contribution >= 4 is 27.5 Å². The lowest BCUT2D eigenvalue weighted by Crippen LogP contribution is -2.33. The summed E-state index contributed by atoms with van der Waals surface area (Å²) >= 11 is 3.36. The second-order valence-electron chi connectivity index (χ2n) is 5.11. The zero-order chi connectivity index (χ0) is 15.2. The molecular weight excluding hydrogens is 328 g/mol. The van der Waals surface area contributed by atoms with Crippen LogP contribution in [0, 0.1) is 0 Å². The maximum absolute atomic E-state index is 12.2. The van der Waals surface area contributed by atoms with Crippen molar-refractivity contribution in [2.24, 2.45) is 0 Å². The largest absolute Gasteiger partial charge is 0.398 e. The molecule has 0 saturated heterocycles. The highest BCUT2D eigenvalue weighted by Gasteiger charge is 2.14. The lowest BCUT2D eigenvalue weighted by Gasteiger charge is -2.15. The summed E-state index contributed by atoms with van der Waals surface area (Å²) in [6, 6.07) is 15.7. The maximum atomic E-state index is 12.2. The average molecular weight is 347 g/mol. The fraction of sp³-hybridized carbons (Fsp3) is 0.235. The van der Waals surface area contributed by atoms with E-state index in [1.807, 2.05) is 25.1 Å². The number of hydrogen-bond acceptors (Lipinski definition) is 2. The van der Waals surface area contributed by atoms with Gasteiger partial charge in [-0.1, -0.05) is 36.4 Å². The molecule has 0 spiro atoms. The average Bonchev–Trinajstić information content (AvgIpc) is 2.49. The first-order valence-corrected chi connectivity index (χ1v) is 7.76. The Morgan fingerprint density at radius 3 is 2.62 bits per heavy atom. The van der Waals surface area contributed by atoms with Gasteiger partial charge in [0.05, 0.1) is 10.0 Å². The summed E-state index contributed by atoms with van der Waals surface area (Å²) in [7, 11) is 0. The van der Waals surface area contributed by atoms with E-state index >= 15 is 0 Å². The van der Waals surface area contributed by atoms with Crippen molar-refractivity contribution in [3.05, 3.63) is 64.1 Å². The predicted molar refractivity (Wildman–Crippen MR) is 90.2 cm³/mol. The molecule has 0 aliphatic heterocycles. The normalized spacial score (nSPS) is 11.9. The quantitative estimate of drug-likeness (QED) is 0.809. The van der Waals surface area contributed by atoms with Crippen LogP contribution in [0.15, 0.2) is 53.0 Å². The van der Waals surface area contributed by atoms with Gasteiger partial charge in [-0.2, -0.15) is 0 Å². The van der Waals surface area contributed by atoms with Crippen molar-refractivity contribution in [3.8, 4) is 0 Å². The van der Waals surface area contributed by atoms with Gasteiger partial charge in [0, 0.05) is 11.7 Å². The van der Waals surface area contributed by atoms with E-state index in [1.165, 1.54) is 5.56 Å². The third kappa shape index (κ3) is 4.33. The van der Waals surface area contributed by atoms with Crippen LogP contribution >= 0.6 is 15.9 Å². The third-order valence-electron chi connectivity index (χ3n) is 3.36. The van der Waals surface area contributed by atoms with Gasteiger partial charge in [-0.15, -0.1) is 0 Å². The SMILES string of the molecule is CC(CCc1ccccc1)NC(=O)c1cccc(N)c1Br. The summed E-state index contributed by atoms with van der Waals surface area (Å²) in [6.45, 7) is 2.01. The number of nitrogen functional groups attached to an aromatic ring is 1. The minimum absolute atomic E-state index is 0.102. The van der Waals surface area contributed by atoms with Crippen molar-refractivity contribution in [1.29, 1.82) is 0 Å². The minimum atomic E-state index is -0.102. The number of halogens is 1. The molecule has 4 heteroatoms. The highest BCUT2D eigenvalue weighted by atomic mass is 79.9. The van der Waals surface area contributed by atoms with Crippen LogP contribution in [0.2, 0.25) is 0 Å². The molecular formula is C17H19BrN2O. The van der Waals surface area contributed by atoms with Gasteiger partial charge in [0.2, 0.25) is 0 Å². The zero-order valence-electron chi connectivity index (χ0n) is 12.0. The molecule has 0 aliphatic carbocycles. The Bertz CT molecular complexity index is 613. The predicted octanol–water partition coefficient (Wildman–Crippen LogP) is 3.78. The first-order chi connectivity index (χ1) is 10.1. The fourth-order valence-corrected chi connectivity index (χ4v) is 2.57. The molecule has 3 nitrogen and oxygen atoms in total. The molecule has 1 atom stereocenters. The van der Waals surface area contributed by atoms with E-state index < -0.39 is 0 Å². The van der Waals surface area contributed by atoms with Crippen molar-refractivity contribution in [1.82, 2.24) is 5.32 Å². The Balaban J connectivity index is 1.92. The number of nitrogens with one attached hydrogen (secondary N) is 1. The van der Waals surface area contributed by atoms with E-state index in [-0.39, 0.29) is 11.9 Å². The number of hydrogen-bond donors (Lipinski definition) is 2. The second-order valence-corrected chi connectivity index (χ2v) is 5.90. The lowest BCUT2D eigenvalue weighted by atomic mass is 10.1. The van der Waals surface area contributed by atoms with Gasteiger partial charge in [-0.05, 0) is 53.4 Å². The van der Waals surface area contributed by atoms with Gasteiger partial charge < -0.3 is 11.1 Å². The van der Waals surface area contributed by atoms with E-state index in [0.717, 1.165) is 12.8 Å². The van der Waals surface area contributed by atoms with Gasteiger partial charge in [0.1, 0.15) is 0 Å². The first kappa shape index (κ1) is 15.6. The molecule has 0 saturated carbocycles. The first-order valence-electron chi connectivity index (χ1n) is 6.96. The van der Waals surface area contributed by atoms with E-state index in [2.05, 4.69) is 33.4 Å². The molecule has 2 aromatic carbocycles. The molecule has 0 radical (unpaired) electrons. The van der Waals surface area contributed by atoms with Crippen LogP contribution in [0.4, 0.5) is 5.69 Å². The topological polar surface area (TPSA) is 55.1 Å². The molecule has 2 aromatic rings. The van der Waals surface area contributed by atoms with Crippen LogP contribution in [0.1, 0.15) is 29.3 Å². The zero-order valence-corrected chi connectivity index (χ0v) is 13.6. The van der Waals surface area contributed by atoms with Crippen molar-refractivity contribution in [2.75, 3.05) is 5.73 Å². The molecule has 0 heterocycles. The second kappa shape index (κ2) is 7.27. The van der Waals surface area contributed by atoms with Gasteiger partial charge in [0.25, 0.3) is 5.91 Å². The molecule has 0 aromatic heterocycles. The minimum Gasteiger partial charge on any atom is -0.398 e. The molecule has 2 rings (SSSR count). The highest BCUT2D eigenvalue weighted by Crippen LogP contribution is 2.23. The molecule has 110 valence electrons. The van der Waals surface area contributed by atoms with Crippen molar-refractivity contribution in [2.45, 2.75) is 25.8 Å². The third-order valence-corrected chi connectivity index (χ3v) is 4.24. The standard InChI is InChI=1S/C17H19BrN2O/c1-12(10-11-13-6-3-2-4-7-13)20-17(21)14-8-5-9-15(19)16(14)18/h2-9,12H,10-11,19H2,1H3,(H,20,21). The van der Waals surface area contributed by atoms with Crippen LogP contribution in [0.3, 0.4) is 0 Å². The summed E-state index contributed by atoms with van der Waals surface area (Å²) in [4.78, 5) is 12.2. The molecule has 0 fully saturated rings. The number of amides is 1. The molecule has 21 heavy (non-hydrogen) atoms. The number of carbonyl (C=O) groups is 1. The van der Waals surface area contributed by atoms with Gasteiger partial charge in [-0.25, -0.2) is 0 Å². The Hall–Kier alpha value is -1.81. The Labute approximate surface area is 133 Å². The summed E-state index contributed by atoms with van der Waals surface area (Å²) < 4.78 is 0.651. The van der Waals surface area contributed by atoms with E-state index in [9.17, 15) is 4.79 Å². The smallest absolute Gasteiger partial charge is 0.252 e. The van der Waals surface area contributed by atoms with E-state index in [4.69, 9.17) is 5.73 Å². The number of aryl methyl sites for hydroxylation is 1. The van der Waals surface area contributed by atoms with Gasteiger partial charge in [0.15, 0.2) is 0 Å². The highest BCUT2D eigenvalue weighted by molar-refractivity contribution is 9.10. The Morgan fingerprint density at radius 2 is 1.90 bits per heavy atom. The summed E-state index contributed by atoms with van der Waals surface area (Å²) in [5.41, 5.74) is 8.22. The molecule has 3 N–H and O–H groups in total. The molecule has 0 bridgehead atoms. The number of nitrogens with two attached hydrogens (primary N) is 1. The summed E-state index contributed by atoms with van der Waals surface area (Å²) in [5, 5.41) is 3.01. The van der Waals surface area contributed by atoms with Crippen LogP contribution < -0.4 is 11.1 Å². The molecule has 1 amide bonds. The maximum Gasteiger partial charge on any atom is 0.252 e. The van der Waals surface area contributed by atoms with Crippen molar-refractivity contribution in [3.63, 3.8) is 0 Å². The van der Waals surface area contributed by atoms with Gasteiger partial charge in [-0.3, -0.25) is 4.79 Å².